The number of hydrogen-bond acceptors (Lipinski definition) is 7. The second-order valence-electron chi connectivity index (χ2n) is 7.96. The molecule has 1 saturated heterocycles. The summed E-state index contributed by atoms with van der Waals surface area (Å²) in [6.07, 6.45) is -2.69. The Labute approximate surface area is 183 Å². The molecule has 172 valence electrons. The summed E-state index contributed by atoms with van der Waals surface area (Å²) in [4.78, 5) is 23.6. The highest BCUT2D eigenvalue weighted by Crippen LogP contribution is 2.36. The van der Waals surface area contributed by atoms with Crippen LogP contribution in [0.5, 0.6) is 5.75 Å². The average molecular weight is 451 g/mol. The SMILES string of the molecule is CC(C)OC(=O)C(Oc1ccc(-c2cc(F)ccc2F)cc1[N+](=O)[O-])C1COC(C)(C)O1. The first-order valence-corrected chi connectivity index (χ1v) is 9.89. The highest BCUT2D eigenvalue weighted by Gasteiger charge is 2.43. The molecule has 2 aromatic rings. The molecule has 1 aliphatic heterocycles. The molecule has 0 aliphatic carbocycles. The van der Waals surface area contributed by atoms with Gasteiger partial charge in [-0.2, -0.15) is 0 Å². The molecule has 8 nitrogen and oxygen atoms in total. The van der Waals surface area contributed by atoms with Crippen LogP contribution in [0.4, 0.5) is 14.5 Å². The predicted molar refractivity (Wildman–Crippen MR) is 109 cm³/mol. The molecular formula is C22H23F2NO7. The van der Waals surface area contributed by atoms with Crippen LogP contribution in [-0.4, -0.2) is 41.6 Å². The van der Waals surface area contributed by atoms with Crippen LogP contribution in [0.1, 0.15) is 27.7 Å². The Morgan fingerprint density at radius 1 is 1.22 bits per heavy atom. The van der Waals surface area contributed by atoms with Crippen molar-refractivity contribution in [2.75, 3.05) is 6.61 Å². The summed E-state index contributed by atoms with van der Waals surface area (Å²) in [5.74, 6) is -3.45. The third-order valence-corrected chi connectivity index (χ3v) is 4.60. The largest absolute Gasteiger partial charge is 0.469 e. The third kappa shape index (κ3) is 5.38. The quantitative estimate of drug-likeness (QED) is 0.350. The fourth-order valence-electron chi connectivity index (χ4n) is 3.22. The maximum Gasteiger partial charge on any atom is 0.350 e. The monoisotopic (exact) mass is 451 g/mol. The Hall–Kier alpha value is -3.11. The highest BCUT2D eigenvalue weighted by atomic mass is 19.1. The minimum absolute atomic E-state index is 0.00520. The van der Waals surface area contributed by atoms with Crippen LogP contribution in [-0.2, 0) is 19.0 Å². The Balaban J connectivity index is 1.97. The van der Waals surface area contributed by atoms with E-state index in [0.29, 0.717) is 0 Å². The van der Waals surface area contributed by atoms with E-state index in [1.54, 1.807) is 27.7 Å². The van der Waals surface area contributed by atoms with Gasteiger partial charge in [-0.05, 0) is 57.5 Å². The van der Waals surface area contributed by atoms with E-state index < -0.39 is 52.3 Å². The molecule has 0 spiro atoms. The van der Waals surface area contributed by atoms with Gasteiger partial charge in [-0.25, -0.2) is 13.6 Å². The van der Waals surface area contributed by atoms with Crippen LogP contribution < -0.4 is 4.74 Å². The van der Waals surface area contributed by atoms with Crippen molar-refractivity contribution in [3.63, 3.8) is 0 Å². The summed E-state index contributed by atoms with van der Waals surface area (Å²) >= 11 is 0. The van der Waals surface area contributed by atoms with Gasteiger partial charge in [-0.3, -0.25) is 10.1 Å². The van der Waals surface area contributed by atoms with Gasteiger partial charge in [0, 0.05) is 11.6 Å². The second kappa shape index (κ2) is 9.17. The van der Waals surface area contributed by atoms with Crippen LogP contribution >= 0.6 is 0 Å². The molecule has 2 aromatic carbocycles. The summed E-state index contributed by atoms with van der Waals surface area (Å²) in [6, 6.07) is 6.41. The molecule has 32 heavy (non-hydrogen) atoms. The highest BCUT2D eigenvalue weighted by molar-refractivity contribution is 5.77. The molecule has 3 rings (SSSR count). The van der Waals surface area contributed by atoms with Gasteiger partial charge in [-0.1, -0.05) is 6.07 Å². The summed E-state index contributed by atoms with van der Waals surface area (Å²) in [6.45, 7) is 6.61. The zero-order chi connectivity index (χ0) is 23.6. The number of ether oxygens (including phenoxy) is 4. The minimum atomic E-state index is -1.35. The first-order chi connectivity index (χ1) is 15.0. The smallest absolute Gasteiger partial charge is 0.350 e. The third-order valence-electron chi connectivity index (χ3n) is 4.60. The minimum Gasteiger partial charge on any atom is -0.469 e. The molecular weight excluding hydrogens is 428 g/mol. The molecule has 0 bridgehead atoms. The number of nitrogens with zero attached hydrogens (tertiary/aromatic N) is 1. The second-order valence-corrected chi connectivity index (χ2v) is 7.96. The number of hydrogen-bond donors (Lipinski definition) is 0. The van der Waals surface area contributed by atoms with Crippen molar-refractivity contribution in [3.8, 4) is 16.9 Å². The molecule has 0 saturated carbocycles. The number of esters is 1. The molecule has 1 fully saturated rings. The zero-order valence-electron chi connectivity index (χ0n) is 18.0. The van der Waals surface area contributed by atoms with E-state index in [2.05, 4.69) is 0 Å². The molecule has 0 N–H and O–H groups in total. The van der Waals surface area contributed by atoms with Crippen molar-refractivity contribution >= 4 is 11.7 Å². The van der Waals surface area contributed by atoms with Crippen molar-refractivity contribution in [1.29, 1.82) is 0 Å². The summed E-state index contributed by atoms with van der Waals surface area (Å²) in [5, 5.41) is 11.7. The van der Waals surface area contributed by atoms with Gasteiger partial charge >= 0.3 is 11.7 Å². The van der Waals surface area contributed by atoms with Crippen LogP contribution in [0.3, 0.4) is 0 Å². The fraction of sp³-hybridized carbons (Fsp3) is 0.409. The molecule has 0 radical (unpaired) electrons. The lowest BCUT2D eigenvalue weighted by Gasteiger charge is -2.24. The van der Waals surface area contributed by atoms with Gasteiger partial charge < -0.3 is 18.9 Å². The van der Waals surface area contributed by atoms with Crippen LogP contribution in [0.25, 0.3) is 11.1 Å². The van der Waals surface area contributed by atoms with E-state index in [0.717, 1.165) is 24.3 Å². The Morgan fingerprint density at radius 2 is 1.94 bits per heavy atom. The molecule has 1 aliphatic rings. The number of carbonyl (C=O) groups is 1. The zero-order valence-corrected chi connectivity index (χ0v) is 18.0. The van der Waals surface area contributed by atoms with Gasteiger partial charge in [0.25, 0.3) is 0 Å². The number of halogens is 2. The number of nitro benzene ring substituents is 1. The molecule has 0 aromatic heterocycles. The normalized spacial score (nSPS) is 18.4. The van der Waals surface area contributed by atoms with E-state index in [1.165, 1.54) is 12.1 Å². The predicted octanol–water partition coefficient (Wildman–Crippen LogP) is 4.39. The summed E-state index contributed by atoms with van der Waals surface area (Å²) in [5.41, 5.74) is -0.611. The van der Waals surface area contributed by atoms with Crippen molar-refractivity contribution in [1.82, 2.24) is 0 Å². The maximum atomic E-state index is 14.1. The number of carbonyl (C=O) groups excluding carboxylic acids is 1. The Bertz CT molecular complexity index is 1030. The van der Waals surface area contributed by atoms with E-state index in [-0.39, 0.29) is 23.5 Å². The topological polar surface area (TPSA) is 97.1 Å². The van der Waals surface area contributed by atoms with E-state index in [1.807, 2.05) is 0 Å². The standard InChI is InChI=1S/C22H23F2NO7/c1-12(2)30-21(26)20(19-11-29-22(3,4)32-19)31-18-8-5-13(9-17(18)25(27)28)15-10-14(23)6-7-16(15)24/h5-10,12,19-20H,11H2,1-4H3. The van der Waals surface area contributed by atoms with Crippen molar-refractivity contribution in [2.45, 2.75) is 51.8 Å². The molecule has 1 heterocycles. The number of nitro groups is 1. The Kier molecular flexibility index (Phi) is 6.75. The lowest BCUT2D eigenvalue weighted by Crippen LogP contribution is -2.43. The molecule has 2 unspecified atom stereocenters. The first-order valence-electron chi connectivity index (χ1n) is 9.89. The van der Waals surface area contributed by atoms with Gasteiger partial charge in [0.2, 0.25) is 6.10 Å². The first kappa shape index (κ1) is 23.6. The van der Waals surface area contributed by atoms with E-state index in [9.17, 15) is 23.7 Å². The molecule has 2 atom stereocenters. The van der Waals surface area contributed by atoms with Gasteiger partial charge in [0.1, 0.15) is 17.7 Å². The van der Waals surface area contributed by atoms with E-state index >= 15 is 0 Å². The summed E-state index contributed by atoms with van der Waals surface area (Å²) in [7, 11) is 0. The van der Waals surface area contributed by atoms with Crippen molar-refractivity contribution in [3.05, 3.63) is 58.1 Å². The number of rotatable bonds is 7. The van der Waals surface area contributed by atoms with Gasteiger partial charge in [-0.15, -0.1) is 0 Å². The van der Waals surface area contributed by atoms with E-state index in [4.69, 9.17) is 18.9 Å². The lowest BCUT2D eigenvalue weighted by atomic mass is 10.0. The maximum absolute atomic E-state index is 14.1. The van der Waals surface area contributed by atoms with Crippen LogP contribution in [0, 0.1) is 21.7 Å². The lowest BCUT2D eigenvalue weighted by molar-refractivity contribution is -0.386. The number of benzene rings is 2. The van der Waals surface area contributed by atoms with Crippen LogP contribution in [0.2, 0.25) is 0 Å². The fourth-order valence-corrected chi connectivity index (χ4v) is 3.22. The van der Waals surface area contributed by atoms with Gasteiger partial charge in [0.15, 0.2) is 11.5 Å². The molecule has 10 heteroatoms. The van der Waals surface area contributed by atoms with Crippen molar-refractivity contribution in [2.24, 2.45) is 0 Å². The van der Waals surface area contributed by atoms with Crippen LogP contribution in [0.15, 0.2) is 36.4 Å². The molecule has 0 amide bonds. The average Bonchev–Trinajstić information content (AvgIpc) is 3.06. The Morgan fingerprint density at radius 3 is 2.53 bits per heavy atom. The van der Waals surface area contributed by atoms with Crippen molar-refractivity contribution < 1.29 is 37.4 Å². The summed E-state index contributed by atoms with van der Waals surface area (Å²) < 4.78 is 49.8. The van der Waals surface area contributed by atoms with Gasteiger partial charge in [0.05, 0.1) is 17.6 Å².